The first-order chi connectivity index (χ1) is 13.2. The zero-order chi connectivity index (χ0) is 18.8. The molecule has 1 amide bonds. The molecule has 0 unspecified atom stereocenters. The van der Waals surface area contributed by atoms with Crippen molar-refractivity contribution in [2.75, 3.05) is 12.4 Å². The second-order valence-corrected chi connectivity index (χ2v) is 7.76. The number of benzene rings is 2. The van der Waals surface area contributed by atoms with Crippen LogP contribution in [0, 0.1) is 0 Å². The Morgan fingerprint density at radius 3 is 2.56 bits per heavy atom. The highest BCUT2D eigenvalue weighted by atomic mass is 32.1. The van der Waals surface area contributed by atoms with Crippen LogP contribution in [0.25, 0.3) is 20.5 Å². The van der Waals surface area contributed by atoms with Crippen molar-refractivity contribution in [2.24, 2.45) is 0 Å². The summed E-state index contributed by atoms with van der Waals surface area (Å²) in [7, 11) is 1.53. The van der Waals surface area contributed by atoms with Crippen LogP contribution in [0.4, 0.5) is 5.00 Å². The monoisotopic (exact) mass is 393 g/mol. The maximum absolute atomic E-state index is 13.1. The van der Waals surface area contributed by atoms with Gasteiger partial charge in [-0.3, -0.25) is 9.59 Å². The molecule has 0 spiro atoms. The van der Waals surface area contributed by atoms with Crippen molar-refractivity contribution in [2.45, 2.75) is 0 Å². The molecule has 0 aliphatic rings. The lowest BCUT2D eigenvalue weighted by atomic mass is 10.1. The first kappa shape index (κ1) is 17.5. The molecule has 4 aromatic rings. The molecule has 0 aliphatic heterocycles. The third-order valence-electron chi connectivity index (χ3n) is 4.14. The molecule has 0 saturated heterocycles. The number of thiophene rings is 1. The van der Waals surface area contributed by atoms with Crippen LogP contribution in [-0.2, 0) is 0 Å². The van der Waals surface area contributed by atoms with Gasteiger partial charge in [0, 0.05) is 15.0 Å². The van der Waals surface area contributed by atoms with Crippen LogP contribution in [0.2, 0.25) is 0 Å². The molecule has 2 aromatic carbocycles. The number of fused-ring (bicyclic) bond motifs is 1. The summed E-state index contributed by atoms with van der Waals surface area (Å²) in [6.07, 6.45) is 0. The minimum atomic E-state index is -0.309. The van der Waals surface area contributed by atoms with Gasteiger partial charge in [0.25, 0.3) is 5.91 Å². The molecule has 0 saturated carbocycles. The Kier molecular flexibility index (Phi) is 4.75. The molecule has 1 N–H and O–H groups in total. The Bertz CT molecular complexity index is 1180. The number of hydrogen-bond donors (Lipinski definition) is 1. The summed E-state index contributed by atoms with van der Waals surface area (Å²) in [5, 5.41) is 6.04. The standard InChI is InChI=1S/C21H15NO3S2/c1-25-15-9-4-2-7-13(15)20(24)22-21-18(17-11-6-12-26-17)19(23)14-8-3-5-10-16(14)27-21/h2-12H,1H3,(H,22,24). The number of rotatable bonds is 4. The maximum atomic E-state index is 13.1. The molecule has 2 heterocycles. The molecule has 0 bridgehead atoms. The Labute approximate surface area is 163 Å². The van der Waals surface area contributed by atoms with Gasteiger partial charge < -0.3 is 10.1 Å². The minimum absolute atomic E-state index is 0.0814. The van der Waals surface area contributed by atoms with Crippen LogP contribution in [0.3, 0.4) is 0 Å². The Hall–Kier alpha value is -2.96. The summed E-state index contributed by atoms with van der Waals surface area (Å²) in [5.74, 6) is 0.178. The normalized spacial score (nSPS) is 10.7. The van der Waals surface area contributed by atoms with Crippen LogP contribution in [0.1, 0.15) is 10.4 Å². The third kappa shape index (κ3) is 3.25. The van der Waals surface area contributed by atoms with Gasteiger partial charge in [0.15, 0.2) is 5.43 Å². The quantitative estimate of drug-likeness (QED) is 0.515. The number of anilines is 1. The average molecular weight is 393 g/mol. The molecule has 4 nitrogen and oxygen atoms in total. The van der Waals surface area contributed by atoms with E-state index < -0.39 is 0 Å². The van der Waals surface area contributed by atoms with E-state index in [1.165, 1.54) is 29.8 Å². The Balaban J connectivity index is 1.87. The van der Waals surface area contributed by atoms with Crippen molar-refractivity contribution in [3.8, 4) is 16.2 Å². The summed E-state index contributed by atoms with van der Waals surface area (Å²) < 4.78 is 6.12. The van der Waals surface area contributed by atoms with Gasteiger partial charge in [-0.25, -0.2) is 0 Å². The first-order valence-corrected chi connectivity index (χ1v) is 9.92. The second-order valence-electron chi connectivity index (χ2n) is 5.76. The topological polar surface area (TPSA) is 55.4 Å². The number of hydrogen-bond acceptors (Lipinski definition) is 5. The SMILES string of the molecule is COc1ccccc1C(=O)Nc1sc2ccccc2c(=O)c1-c1cccs1. The van der Waals surface area contributed by atoms with Crippen molar-refractivity contribution in [1.82, 2.24) is 0 Å². The summed E-state index contributed by atoms with van der Waals surface area (Å²) in [6, 6.07) is 18.2. The fourth-order valence-corrected chi connectivity index (χ4v) is 4.80. The van der Waals surface area contributed by atoms with Crippen molar-refractivity contribution in [3.63, 3.8) is 0 Å². The first-order valence-electron chi connectivity index (χ1n) is 8.23. The molecule has 2 aromatic heterocycles. The fraction of sp³-hybridized carbons (Fsp3) is 0.0476. The van der Waals surface area contributed by atoms with E-state index in [0.717, 1.165) is 9.58 Å². The van der Waals surface area contributed by atoms with E-state index in [0.29, 0.717) is 27.3 Å². The van der Waals surface area contributed by atoms with Crippen LogP contribution >= 0.6 is 22.7 Å². The second kappa shape index (κ2) is 7.34. The summed E-state index contributed by atoms with van der Waals surface area (Å²) in [6.45, 7) is 0. The maximum Gasteiger partial charge on any atom is 0.260 e. The van der Waals surface area contributed by atoms with Crippen molar-refractivity contribution in [3.05, 3.63) is 81.8 Å². The molecule has 4 rings (SSSR count). The number of carbonyl (C=O) groups is 1. The van der Waals surface area contributed by atoms with E-state index in [9.17, 15) is 9.59 Å². The van der Waals surface area contributed by atoms with Gasteiger partial charge in [-0.1, -0.05) is 30.3 Å². The lowest BCUT2D eigenvalue weighted by Gasteiger charge is -2.12. The Morgan fingerprint density at radius 2 is 1.78 bits per heavy atom. The lowest BCUT2D eigenvalue weighted by Crippen LogP contribution is -2.16. The molecular formula is C21H15NO3S2. The Morgan fingerprint density at radius 1 is 1.00 bits per heavy atom. The van der Waals surface area contributed by atoms with Gasteiger partial charge in [0.2, 0.25) is 0 Å². The van der Waals surface area contributed by atoms with Crippen molar-refractivity contribution < 1.29 is 9.53 Å². The minimum Gasteiger partial charge on any atom is -0.496 e. The number of ether oxygens (including phenoxy) is 1. The zero-order valence-corrected chi connectivity index (χ0v) is 16.0. The van der Waals surface area contributed by atoms with Crippen molar-refractivity contribution in [1.29, 1.82) is 0 Å². The number of para-hydroxylation sites is 1. The molecule has 0 fully saturated rings. The third-order valence-corrected chi connectivity index (χ3v) is 6.12. The highest BCUT2D eigenvalue weighted by Crippen LogP contribution is 2.36. The van der Waals surface area contributed by atoms with Gasteiger partial charge in [-0.2, -0.15) is 0 Å². The number of nitrogens with one attached hydrogen (secondary N) is 1. The van der Waals surface area contributed by atoms with Gasteiger partial charge >= 0.3 is 0 Å². The lowest BCUT2D eigenvalue weighted by molar-refractivity contribution is 0.102. The van der Waals surface area contributed by atoms with Crippen LogP contribution < -0.4 is 15.5 Å². The molecule has 0 aliphatic carbocycles. The van der Waals surface area contributed by atoms with E-state index in [4.69, 9.17) is 4.74 Å². The van der Waals surface area contributed by atoms with E-state index >= 15 is 0 Å². The van der Waals surface area contributed by atoms with Crippen LogP contribution in [-0.4, -0.2) is 13.0 Å². The number of carbonyl (C=O) groups excluding carboxylic acids is 1. The van der Waals surface area contributed by atoms with Crippen LogP contribution in [0.5, 0.6) is 5.75 Å². The predicted molar refractivity (Wildman–Crippen MR) is 112 cm³/mol. The molecule has 27 heavy (non-hydrogen) atoms. The molecule has 0 atom stereocenters. The number of methoxy groups -OCH3 is 1. The summed E-state index contributed by atoms with van der Waals surface area (Å²) in [5.41, 5.74) is 0.865. The number of amides is 1. The van der Waals surface area contributed by atoms with Gasteiger partial charge in [0.1, 0.15) is 10.8 Å². The molecular weight excluding hydrogens is 378 g/mol. The van der Waals surface area contributed by atoms with E-state index in [1.807, 2.05) is 41.8 Å². The van der Waals surface area contributed by atoms with E-state index in [-0.39, 0.29) is 11.3 Å². The van der Waals surface area contributed by atoms with Crippen LogP contribution in [0.15, 0.2) is 70.8 Å². The fourth-order valence-electron chi connectivity index (χ4n) is 2.88. The van der Waals surface area contributed by atoms with E-state index in [2.05, 4.69) is 5.32 Å². The van der Waals surface area contributed by atoms with Gasteiger partial charge in [-0.05, 0) is 35.7 Å². The van der Waals surface area contributed by atoms with Crippen molar-refractivity contribution >= 4 is 43.7 Å². The summed E-state index contributed by atoms with van der Waals surface area (Å²) >= 11 is 2.87. The highest BCUT2D eigenvalue weighted by molar-refractivity contribution is 7.23. The zero-order valence-electron chi connectivity index (χ0n) is 14.4. The van der Waals surface area contributed by atoms with Gasteiger partial charge in [0.05, 0.1) is 18.2 Å². The average Bonchev–Trinajstić information content (AvgIpc) is 3.22. The molecule has 6 heteroatoms. The highest BCUT2D eigenvalue weighted by Gasteiger charge is 2.19. The predicted octanol–water partition coefficient (Wildman–Crippen LogP) is 5.25. The molecule has 0 radical (unpaired) electrons. The molecule has 134 valence electrons. The smallest absolute Gasteiger partial charge is 0.260 e. The van der Waals surface area contributed by atoms with E-state index in [1.54, 1.807) is 24.3 Å². The summed E-state index contributed by atoms with van der Waals surface area (Å²) in [4.78, 5) is 26.8. The van der Waals surface area contributed by atoms with Gasteiger partial charge in [-0.15, -0.1) is 22.7 Å². The largest absolute Gasteiger partial charge is 0.496 e.